The average Bonchev–Trinajstić information content (AvgIpc) is 3.39. The molecule has 5 N–H and O–H groups in total. The molecule has 1 aliphatic carbocycles. The topological polar surface area (TPSA) is 159 Å². The first-order valence-corrected chi connectivity index (χ1v) is 17.6. The number of halogens is 1. The SMILES string of the molecule is CNC(=O)NCCCCNC(=O)NCCOCCOCCNS(=O)(=O)c1ccc(O[C@H]2c3cc(Cl)cc(C)c3C[C@@H]2N(C)C)c(C)c1. The molecule has 13 nitrogen and oxygen atoms in total. The van der Waals surface area contributed by atoms with Crippen LogP contribution in [0.1, 0.15) is 41.2 Å². The summed E-state index contributed by atoms with van der Waals surface area (Å²) in [6.45, 7) is 6.46. The number of amides is 4. The van der Waals surface area contributed by atoms with Crippen molar-refractivity contribution in [2.24, 2.45) is 0 Å². The second-order valence-electron chi connectivity index (χ2n) is 11.5. The highest BCUT2D eigenvalue weighted by Gasteiger charge is 2.37. The van der Waals surface area contributed by atoms with Crippen LogP contribution in [0.4, 0.5) is 9.59 Å². The van der Waals surface area contributed by atoms with Crippen molar-refractivity contribution in [2.75, 3.05) is 73.7 Å². The summed E-state index contributed by atoms with van der Waals surface area (Å²) in [5, 5.41) is 11.3. The van der Waals surface area contributed by atoms with E-state index in [1.54, 1.807) is 25.2 Å². The van der Waals surface area contributed by atoms with Gasteiger partial charge in [-0.3, -0.25) is 0 Å². The zero-order chi connectivity index (χ0) is 34.4. The number of fused-ring (bicyclic) bond motifs is 1. The molecule has 262 valence electrons. The summed E-state index contributed by atoms with van der Waals surface area (Å²) in [5.41, 5.74) is 4.15. The molecule has 0 saturated carbocycles. The Morgan fingerprint density at radius 1 is 0.872 bits per heavy atom. The number of rotatable bonds is 19. The summed E-state index contributed by atoms with van der Waals surface area (Å²) in [7, 11) is 1.86. The second-order valence-corrected chi connectivity index (χ2v) is 13.7. The Kier molecular flexibility index (Phi) is 15.5. The largest absolute Gasteiger partial charge is 0.484 e. The highest BCUT2D eigenvalue weighted by atomic mass is 35.5. The van der Waals surface area contributed by atoms with Crippen LogP contribution in [0.3, 0.4) is 0 Å². The molecule has 0 saturated heterocycles. The van der Waals surface area contributed by atoms with E-state index in [4.69, 9.17) is 25.8 Å². The van der Waals surface area contributed by atoms with E-state index in [2.05, 4.69) is 37.8 Å². The number of benzene rings is 2. The van der Waals surface area contributed by atoms with E-state index < -0.39 is 10.0 Å². The first-order chi connectivity index (χ1) is 22.4. The van der Waals surface area contributed by atoms with Crippen LogP contribution in [0.5, 0.6) is 5.75 Å². The van der Waals surface area contributed by atoms with Crippen molar-refractivity contribution in [3.8, 4) is 5.75 Å². The minimum Gasteiger partial charge on any atom is -0.484 e. The maximum absolute atomic E-state index is 12.9. The van der Waals surface area contributed by atoms with Crippen molar-refractivity contribution < 1.29 is 32.2 Å². The van der Waals surface area contributed by atoms with E-state index in [-0.39, 0.29) is 48.9 Å². The number of ether oxygens (including phenoxy) is 3. The second kappa shape index (κ2) is 19.0. The van der Waals surface area contributed by atoms with Gasteiger partial charge in [-0.2, -0.15) is 0 Å². The molecule has 15 heteroatoms. The summed E-state index contributed by atoms with van der Waals surface area (Å²) < 4.78 is 45.8. The predicted molar refractivity (Wildman–Crippen MR) is 182 cm³/mol. The van der Waals surface area contributed by atoms with Gasteiger partial charge < -0.3 is 40.4 Å². The van der Waals surface area contributed by atoms with E-state index in [0.29, 0.717) is 49.2 Å². The molecule has 2 aromatic carbocycles. The molecule has 2 atom stereocenters. The van der Waals surface area contributed by atoms with Gasteiger partial charge >= 0.3 is 12.1 Å². The summed E-state index contributed by atoms with van der Waals surface area (Å²) in [6.07, 6.45) is 2.11. The Hall–Kier alpha value is -3.14. The molecule has 47 heavy (non-hydrogen) atoms. The Morgan fingerprint density at radius 3 is 2.15 bits per heavy atom. The smallest absolute Gasteiger partial charge is 0.314 e. The molecule has 0 aromatic heterocycles. The van der Waals surface area contributed by atoms with Crippen LogP contribution in [0.2, 0.25) is 5.02 Å². The van der Waals surface area contributed by atoms with Crippen molar-refractivity contribution in [2.45, 2.75) is 50.2 Å². The fraction of sp³-hybridized carbons (Fsp3) is 0.562. The molecule has 0 fully saturated rings. The van der Waals surface area contributed by atoms with Crippen molar-refractivity contribution in [1.82, 2.24) is 30.9 Å². The lowest BCUT2D eigenvalue weighted by molar-refractivity contribution is 0.0516. The number of carbonyl (C=O) groups is 2. The molecule has 0 spiro atoms. The number of nitrogens with zero attached hydrogens (tertiary/aromatic N) is 1. The minimum atomic E-state index is -3.75. The van der Waals surface area contributed by atoms with Crippen molar-refractivity contribution in [3.05, 3.63) is 57.6 Å². The van der Waals surface area contributed by atoms with E-state index in [1.165, 1.54) is 5.56 Å². The van der Waals surface area contributed by atoms with Crippen LogP contribution < -0.4 is 30.7 Å². The number of likely N-dealkylation sites (N-methyl/N-ethyl adjacent to an activating group) is 1. The molecule has 0 radical (unpaired) electrons. The molecule has 0 unspecified atom stereocenters. The lowest BCUT2D eigenvalue weighted by Crippen LogP contribution is -2.38. The molecular formula is C32H49ClN6O7S. The number of urea groups is 2. The molecule has 3 rings (SSSR count). The molecule has 0 aliphatic heterocycles. The van der Waals surface area contributed by atoms with Gasteiger partial charge in [0.15, 0.2) is 0 Å². The third kappa shape index (κ3) is 12.1. The van der Waals surface area contributed by atoms with Gasteiger partial charge in [-0.15, -0.1) is 0 Å². The number of unbranched alkanes of at least 4 members (excludes halogenated alkanes) is 1. The van der Waals surface area contributed by atoms with Crippen molar-refractivity contribution >= 4 is 33.7 Å². The lowest BCUT2D eigenvalue weighted by Gasteiger charge is -2.28. The predicted octanol–water partition coefficient (Wildman–Crippen LogP) is 2.88. The summed E-state index contributed by atoms with van der Waals surface area (Å²) in [5.74, 6) is 0.620. The molecule has 0 bridgehead atoms. The van der Waals surface area contributed by atoms with Crippen LogP contribution >= 0.6 is 11.6 Å². The number of hydrogen-bond acceptors (Lipinski definition) is 8. The van der Waals surface area contributed by atoms with Crippen LogP contribution in [-0.4, -0.2) is 105 Å². The summed E-state index contributed by atoms with van der Waals surface area (Å²) >= 11 is 6.38. The average molecular weight is 697 g/mol. The maximum atomic E-state index is 12.9. The molecule has 0 heterocycles. The van der Waals surface area contributed by atoms with Gasteiger partial charge in [0.2, 0.25) is 10.0 Å². The van der Waals surface area contributed by atoms with Gasteiger partial charge in [0, 0.05) is 38.2 Å². The summed E-state index contributed by atoms with van der Waals surface area (Å²) in [6, 6.07) is 8.40. The monoisotopic (exact) mass is 696 g/mol. The highest BCUT2D eigenvalue weighted by Crippen LogP contribution is 2.41. The minimum absolute atomic E-state index is 0.104. The number of aryl methyl sites for hydroxylation is 2. The number of hydrogen-bond donors (Lipinski definition) is 5. The Morgan fingerprint density at radius 2 is 1.51 bits per heavy atom. The van der Waals surface area contributed by atoms with Crippen LogP contribution in [0.25, 0.3) is 0 Å². The van der Waals surface area contributed by atoms with Gasteiger partial charge in [0.1, 0.15) is 11.9 Å². The van der Waals surface area contributed by atoms with Crippen molar-refractivity contribution in [3.63, 3.8) is 0 Å². The fourth-order valence-corrected chi connectivity index (χ4v) is 6.58. The van der Waals surface area contributed by atoms with E-state index in [1.807, 2.05) is 33.2 Å². The van der Waals surface area contributed by atoms with Gasteiger partial charge in [-0.05, 0) is 99.8 Å². The molecule has 1 aliphatic rings. The zero-order valence-electron chi connectivity index (χ0n) is 27.9. The van der Waals surface area contributed by atoms with E-state index in [9.17, 15) is 18.0 Å². The zero-order valence-corrected chi connectivity index (χ0v) is 29.5. The number of carbonyl (C=O) groups excluding carboxylic acids is 2. The van der Waals surface area contributed by atoms with Gasteiger partial charge in [-0.1, -0.05) is 11.6 Å². The van der Waals surface area contributed by atoms with Gasteiger partial charge in [-0.25, -0.2) is 22.7 Å². The van der Waals surface area contributed by atoms with Gasteiger partial charge in [0.05, 0.1) is 37.4 Å². The van der Waals surface area contributed by atoms with Crippen LogP contribution in [-0.2, 0) is 25.9 Å². The Labute approximate surface area is 283 Å². The first-order valence-electron chi connectivity index (χ1n) is 15.8. The quantitative estimate of drug-likeness (QED) is 0.140. The van der Waals surface area contributed by atoms with Crippen molar-refractivity contribution in [1.29, 1.82) is 0 Å². The fourth-order valence-electron chi connectivity index (χ4n) is 5.20. The van der Waals surface area contributed by atoms with Gasteiger partial charge in [0.25, 0.3) is 0 Å². The normalized spacial score (nSPS) is 15.7. The molecular weight excluding hydrogens is 648 g/mol. The molecule has 2 aromatic rings. The number of sulfonamides is 1. The first kappa shape index (κ1) is 38.3. The lowest BCUT2D eigenvalue weighted by atomic mass is 10.0. The standard InChI is InChI=1S/C32H49ClN6O7S/c1-22-18-24(33)20-27-26(22)21-28(39(4)5)30(27)46-29-9-8-25(19-23(29)2)47(42,43)38-13-15-45-17-16-44-14-12-37-32(41)36-11-7-6-10-35-31(40)34-3/h8-9,18-20,28,30,38H,6-7,10-17,21H2,1-5H3,(H2,34,35,40)(H2,36,37,41)/t28-,30-/m0/s1. The third-order valence-corrected chi connectivity index (χ3v) is 9.44. The maximum Gasteiger partial charge on any atom is 0.314 e. The van der Waals surface area contributed by atoms with Crippen LogP contribution in [0, 0.1) is 13.8 Å². The highest BCUT2D eigenvalue weighted by molar-refractivity contribution is 7.89. The van der Waals surface area contributed by atoms with E-state index >= 15 is 0 Å². The van der Waals surface area contributed by atoms with Crippen LogP contribution in [0.15, 0.2) is 35.2 Å². The Bertz CT molecular complexity index is 1440. The Balaban J connectivity index is 1.32. The van der Waals surface area contributed by atoms with E-state index in [0.717, 1.165) is 30.4 Å². The molecule has 4 amide bonds. The number of nitrogens with one attached hydrogen (secondary N) is 5. The third-order valence-electron chi connectivity index (χ3n) is 7.76. The summed E-state index contributed by atoms with van der Waals surface area (Å²) in [4.78, 5) is 25.1.